The molecule has 1 aromatic carbocycles. The Hall–Kier alpha value is -3.64. The van der Waals surface area contributed by atoms with Crippen LogP contribution in [0.4, 0.5) is 0 Å². The minimum Gasteiger partial charge on any atom is -0.481 e. The first-order valence-electron chi connectivity index (χ1n) is 8.66. The fourth-order valence-corrected chi connectivity index (χ4v) is 3.30. The summed E-state index contributed by atoms with van der Waals surface area (Å²) in [5, 5.41) is 12.4. The monoisotopic (exact) mass is 410 g/mol. The molecule has 2 heterocycles. The van der Waals surface area contributed by atoms with Gasteiger partial charge >= 0.3 is 5.63 Å². The molecule has 0 unspecified atom stereocenters. The molecule has 148 valence electrons. The second-order valence-corrected chi connectivity index (χ2v) is 7.12. The third-order valence-corrected chi connectivity index (χ3v) is 4.98. The van der Waals surface area contributed by atoms with Crippen molar-refractivity contribution in [2.75, 3.05) is 0 Å². The third kappa shape index (κ3) is 4.80. The topological polar surface area (TPSA) is 117 Å². The normalized spacial score (nSPS) is 12.3. The van der Waals surface area contributed by atoms with Crippen molar-refractivity contribution in [3.8, 4) is 11.8 Å². The number of nitrogens with zero attached hydrogens (tertiary/aromatic N) is 2. The van der Waals surface area contributed by atoms with E-state index in [9.17, 15) is 14.9 Å². The summed E-state index contributed by atoms with van der Waals surface area (Å²) in [5.41, 5.74) is 6.92. The van der Waals surface area contributed by atoms with Crippen molar-refractivity contribution in [2.24, 2.45) is 0 Å². The van der Waals surface area contributed by atoms with E-state index in [-0.39, 0.29) is 0 Å². The average Bonchev–Trinajstić information content (AvgIpc) is 3.10. The number of nitrogens with one attached hydrogen (secondary N) is 2. The first kappa shape index (κ1) is 20.1. The van der Waals surface area contributed by atoms with E-state index in [0.29, 0.717) is 21.9 Å². The van der Waals surface area contributed by atoms with E-state index >= 15 is 0 Å². The van der Waals surface area contributed by atoms with Crippen LogP contribution in [-0.4, -0.2) is 17.0 Å². The number of rotatable bonds is 6. The Labute approximate surface area is 170 Å². The molecule has 9 heteroatoms. The quantitative estimate of drug-likeness (QED) is 0.364. The minimum absolute atomic E-state index is 0.303. The molecule has 2 aromatic heterocycles. The SMILES string of the molecule is Cc1csc(/C(C#N)=C/NNC(=O)[C@H](C)Oc2ccc3c(C)cc(=O)oc3c2)n1. The van der Waals surface area contributed by atoms with Crippen LogP contribution in [-0.2, 0) is 4.79 Å². The average molecular weight is 410 g/mol. The number of hydrogen-bond donors (Lipinski definition) is 2. The van der Waals surface area contributed by atoms with Gasteiger partial charge < -0.3 is 14.6 Å². The number of hydrazine groups is 1. The Morgan fingerprint density at radius 3 is 2.86 bits per heavy atom. The summed E-state index contributed by atoms with van der Waals surface area (Å²) in [4.78, 5) is 28.0. The van der Waals surface area contributed by atoms with Crippen LogP contribution in [0.5, 0.6) is 5.75 Å². The van der Waals surface area contributed by atoms with Gasteiger partial charge in [-0.3, -0.25) is 10.2 Å². The van der Waals surface area contributed by atoms with Gasteiger partial charge in [-0.15, -0.1) is 11.3 Å². The summed E-state index contributed by atoms with van der Waals surface area (Å²) in [6, 6.07) is 8.48. The minimum atomic E-state index is -0.836. The number of carbonyl (C=O) groups is 1. The second-order valence-electron chi connectivity index (χ2n) is 6.26. The van der Waals surface area contributed by atoms with Gasteiger partial charge in [-0.25, -0.2) is 9.78 Å². The van der Waals surface area contributed by atoms with E-state index in [1.807, 2.05) is 25.3 Å². The van der Waals surface area contributed by atoms with Gasteiger partial charge in [-0.05, 0) is 38.5 Å². The molecule has 0 radical (unpaired) electrons. The van der Waals surface area contributed by atoms with Gasteiger partial charge in [0.2, 0.25) is 0 Å². The molecule has 0 spiro atoms. The number of carbonyl (C=O) groups excluding carboxylic acids is 1. The van der Waals surface area contributed by atoms with Crippen molar-refractivity contribution >= 4 is 33.8 Å². The summed E-state index contributed by atoms with van der Waals surface area (Å²) in [7, 11) is 0. The summed E-state index contributed by atoms with van der Waals surface area (Å²) in [6.07, 6.45) is 0.536. The molecule has 2 N–H and O–H groups in total. The van der Waals surface area contributed by atoms with Crippen molar-refractivity contribution < 1.29 is 13.9 Å². The summed E-state index contributed by atoms with van der Waals surface area (Å²) in [6.45, 7) is 5.23. The Morgan fingerprint density at radius 2 is 2.17 bits per heavy atom. The van der Waals surface area contributed by atoms with E-state index in [4.69, 9.17) is 9.15 Å². The molecule has 3 rings (SSSR count). The van der Waals surface area contributed by atoms with Crippen LogP contribution in [0.1, 0.15) is 23.2 Å². The Kier molecular flexibility index (Phi) is 5.95. The van der Waals surface area contributed by atoms with Crippen molar-refractivity contribution in [3.63, 3.8) is 0 Å². The number of ether oxygens (including phenoxy) is 1. The molecule has 0 aliphatic heterocycles. The van der Waals surface area contributed by atoms with Crippen molar-refractivity contribution in [2.45, 2.75) is 26.9 Å². The third-order valence-electron chi connectivity index (χ3n) is 3.99. The molecule has 0 saturated heterocycles. The Bertz CT molecular complexity index is 1190. The number of thiazole rings is 1. The first-order chi connectivity index (χ1) is 13.9. The van der Waals surface area contributed by atoms with Crippen LogP contribution < -0.4 is 21.2 Å². The molecule has 8 nitrogen and oxygen atoms in total. The highest BCUT2D eigenvalue weighted by atomic mass is 32.1. The van der Waals surface area contributed by atoms with E-state index in [2.05, 4.69) is 15.8 Å². The van der Waals surface area contributed by atoms with Crippen molar-refractivity contribution in [1.29, 1.82) is 5.26 Å². The Morgan fingerprint density at radius 1 is 1.38 bits per heavy atom. The summed E-state index contributed by atoms with van der Waals surface area (Å²) < 4.78 is 10.8. The van der Waals surface area contributed by atoms with E-state index < -0.39 is 17.6 Å². The lowest BCUT2D eigenvalue weighted by atomic mass is 10.1. The van der Waals surface area contributed by atoms with Gasteiger partial charge in [-0.1, -0.05) is 0 Å². The predicted molar refractivity (Wildman–Crippen MR) is 109 cm³/mol. The van der Waals surface area contributed by atoms with Crippen LogP contribution in [0.25, 0.3) is 16.5 Å². The molecule has 1 atom stereocenters. The first-order valence-corrected chi connectivity index (χ1v) is 9.54. The summed E-state index contributed by atoms with van der Waals surface area (Å²) in [5.74, 6) is -0.0555. The number of benzene rings is 1. The standard InChI is InChI=1S/C20H18N4O4S/c1-11-6-18(25)28-17-7-15(4-5-16(11)17)27-13(3)19(26)24-22-9-14(8-21)20-23-12(2)10-29-20/h4-7,9-10,13,22H,1-3H3,(H,24,26)/b14-9+/t13-/m0/s1. The van der Waals surface area contributed by atoms with Gasteiger partial charge in [0.1, 0.15) is 28.0 Å². The maximum absolute atomic E-state index is 12.2. The molecular formula is C20H18N4O4S. The number of aromatic nitrogens is 1. The van der Waals surface area contributed by atoms with Crippen molar-refractivity contribution in [1.82, 2.24) is 15.8 Å². The number of fused-ring (bicyclic) bond motifs is 1. The number of nitriles is 1. The van der Waals surface area contributed by atoms with Gasteiger partial charge in [0.15, 0.2) is 6.10 Å². The zero-order chi connectivity index (χ0) is 21.0. The number of hydrogen-bond acceptors (Lipinski definition) is 8. The lowest BCUT2D eigenvalue weighted by molar-refractivity contribution is -0.128. The Balaban J connectivity index is 1.63. The lowest BCUT2D eigenvalue weighted by Gasteiger charge is -2.15. The molecule has 0 bridgehead atoms. The van der Waals surface area contributed by atoms with Gasteiger partial charge in [0.25, 0.3) is 5.91 Å². The van der Waals surface area contributed by atoms with Gasteiger partial charge in [0, 0.05) is 34.8 Å². The number of aryl methyl sites for hydroxylation is 2. The van der Waals surface area contributed by atoms with Crippen LogP contribution >= 0.6 is 11.3 Å². The van der Waals surface area contributed by atoms with Crippen LogP contribution in [0.15, 0.2) is 45.1 Å². The molecule has 0 aliphatic rings. The zero-order valence-electron chi connectivity index (χ0n) is 16.0. The lowest BCUT2D eigenvalue weighted by Crippen LogP contribution is -2.42. The molecule has 0 fully saturated rings. The van der Waals surface area contributed by atoms with E-state index in [1.165, 1.54) is 23.6 Å². The molecule has 0 saturated carbocycles. The fourth-order valence-electron chi connectivity index (χ4n) is 2.54. The number of amides is 1. The smallest absolute Gasteiger partial charge is 0.336 e. The van der Waals surface area contributed by atoms with Gasteiger partial charge in [0.05, 0.1) is 0 Å². The van der Waals surface area contributed by atoms with Crippen molar-refractivity contribution in [3.05, 3.63) is 62.5 Å². The summed E-state index contributed by atoms with van der Waals surface area (Å²) >= 11 is 1.34. The van der Waals surface area contributed by atoms with Crippen LogP contribution in [0.3, 0.4) is 0 Å². The highest BCUT2D eigenvalue weighted by molar-refractivity contribution is 7.10. The van der Waals surface area contributed by atoms with E-state index in [1.54, 1.807) is 25.1 Å². The predicted octanol–water partition coefficient (Wildman–Crippen LogP) is 2.82. The molecule has 3 aromatic rings. The highest BCUT2D eigenvalue weighted by Gasteiger charge is 2.15. The van der Waals surface area contributed by atoms with Gasteiger partial charge in [-0.2, -0.15) is 5.26 Å². The van der Waals surface area contributed by atoms with E-state index in [0.717, 1.165) is 16.6 Å². The second kappa shape index (κ2) is 8.58. The molecule has 0 aliphatic carbocycles. The largest absolute Gasteiger partial charge is 0.481 e. The maximum atomic E-state index is 12.2. The molecule has 29 heavy (non-hydrogen) atoms. The number of allylic oxidation sites excluding steroid dienone is 1. The fraction of sp³-hybridized carbons (Fsp3) is 0.200. The molecule has 1 amide bonds. The maximum Gasteiger partial charge on any atom is 0.336 e. The van der Waals surface area contributed by atoms with Crippen LogP contribution in [0, 0.1) is 25.2 Å². The zero-order valence-corrected chi connectivity index (χ0v) is 16.8. The van der Waals surface area contributed by atoms with Crippen LogP contribution in [0.2, 0.25) is 0 Å². The molecular weight excluding hydrogens is 392 g/mol. The highest BCUT2D eigenvalue weighted by Crippen LogP contribution is 2.23.